The molecule has 0 atom stereocenters. The Balaban J connectivity index is 1.49. The maximum Gasteiger partial charge on any atom is 0.439 e. The second-order valence-corrected chi connectivity index (χ2v) is 6.72. The molecule has 9 nitrogen and oxygen atoms in total. The third-order valence-electron chi connectivity index (χ3n) is 4.48. The molecule has 2 heterocycles. The zero-order chi connectivity index (χ0) is 22.3. The Kier molecular flexibility index (Phi) is 6.26. The Hall–Kier alpha value is -4.40. The molecule has 1 amide bonds. The molecule has 32 heavy (non-hydrogen) atoms. The molecule has 162 valence electrons. The minimum Gasteiger partial charge on any atom is -0.490 e. The lowest BCUT2D eigenvalue weighted by atomic mass is 10.1. The second kappa shape index (κ2) is 9.61. The monoisotopic (exact) mass is 432 g/mol. The van der Waals surface area contributed by atoms with Gasteiger partial charge in [0.25, 0.3) is 5.91 Å². The molecule has 9 heteroatoms. The largest absolute Gasteiger partial charge is 0.490 e. The summed E-state index contributed by atoms with van der Waals surface area (Å²) in [4.78, 5) is 30.4. The van der Waals surface area contributed by atoms with E-state index in [9.17, 15) is 9.59 Å². The van der Waals surface area contributed by atoms with Crippen molar-refractivity contribution in [1.82, 2.24) is 15.1 Å². The number of anilines is 1. The first-order valence-corrected chi connectivity index (χ1v) is 9.88. The molecule has 0 radical (unpaired) electrons. The van der Waals surface area contributed by atoms with Crippen molar-refractivity contribution in [2.45, 2.75) is 13.5 Å². The molecule has 0 aliphatic carbocycles. The molecule has 2 aromatic carbocycles. The lowest BCUT2D eigenvalue weighted by Crippen LogP contribution is -2.12. The Labute approximate surface area is 183 Å². The maximum atomic E-state index is 12.8. The number of rotatable bonds is 8. The number of carbonyl (C=O) groups excluding carboxylic acids is 1. The van der Waals surface area contributed by atoms with E-state index in [1.165, 1.54) is 0 Å². The van der Waals surface area contributed by atoms with E-state index in [0.29, 0.717) is 41.5 Å². The van der Waals surface area contributed by atoms with Crippen LogP contribution in [0, 0.1) is 0 Å². The van der Waals surface area contributed by atoms with Gasteiger partial charge in [0.15, 0.2) is 17.3 Å². The first-order chi connectivity index (χ1) is 15.6. The van der Waals surface area contributed by atoms with Gasteiger partial charge in [0.1, 0.15) is 6.61 Å². The highest BCUT2D eigenvalue weighted by Gasteiger charge is 2.13. The summed E-state index contributed by atoms with van der Waals surface area (Å²) in [5.41, 5.74) is 2.51. The SMILES string of the molecule is CCOc1cc(C(=O)Nc2cccc(-c3noc(=O)[nH]3)c2)ccc1OCc1ccncc1. The van der Waals surface area contributed by atoms with Crippen LogP contribution in [-0.4, -0.2) is 27.6 Å². The lowest BCUT2D eigenvalue weighted by Gasteiger charge is -2.14. The van der Waals surface area contributed by atoms with Crippen molar-refractivity contribution in [3.05, 3.63) is 88.7 Å². The van der Waals surface area contributed by atoms with Crippen LogP contribution in [0.2, 0.25) is 0 Å². The zero-order valence-electron chi connectivity index (χ0n) is 17.2. The van der Waals surface area contributed by atoms with Crippen LogP contribution >= 0.6 is 0 Å². The number of pyridine rings is 1. The topological polar surface area (TPSA) is 119 Å². The number of ether oxygens (including phenoxy) is 2. The van der Waals surface area contributed by atoms with Gasteiger partial charge >= 0.3 is 5.76 Å². The second-order valence-electron chi connectivity index (χ2n) is 6.72. The van der Waals surface area contributed by atoms with Gasteiger partial charge in [-0.05, 0) is 55.0 Å². The molecule has 0 aliphatic rings. The van der Waals surface area contributed by atoms with Crippen molar-refractivity contribution < 1.29 is 18.8 Å². The predicted molar refractivity (Wildman–Crippen MR) is 117 cm³/mol. The van der Waals surface area contributed by atoms with E-state index in [4.69, 9.17) is 9.47 Å². The molecule has 0 saturated carbocycles. The molecule has 4 aromatic rings. The quantitative estimate of drug-likeness (QED) is 0.436. The van der Waals surface area contributed by atoms with Gasteiger partial charge in [-0.3, -0.25) is 19.3 Å². The summed E-state index contributed by atoms with van der Waals surface area (Å²) in [5.74, 6) is 0.322. The molecule has 0 bridgehead atoms. The van der Waals surface area contributed by atoms with Gasteiger partial charge in [0.2, 0.25) is 0 Å². The van der Waals surface area contributed by atoms with E-state index in [1.54, 1.807) is 54.9 Å². The van der Waals surface area contributed by atoms with Crippen LogP contribution in [0.3, 0.4) is 0 Å². The summed E-state index contributed by atoms with van der Waals surface area (Å²) in [6.45, 7) is 2.64. The van der Waals surface area contributed by atoms with E-state index in [0.717, 1.165) is 5.56 Å². The molecule has 0 saturated heterocycles. The Bertz CT molecular complexity index is 1270. The fourth-order valence-electron chi connectivity index (χ4n) is 2.98. The highest BCUT2D eigenvalue weighted by atomic mass is 16.5. The first kappa shape index (κ1) is 20.9. The summed E-state index contributed by atoms with van der Waals surface area (Å²) in [7, 11) is 0. The van der Waals surface area contributed by atoms with Crippen LogP contribution in [0.1, 0.15) is 22.8 Å². The zero-order valence-corrected chi connectivity index (χ0v) is 17.2. The van der Waals surface area contributed by atoms with Crippen LogP contribution < -0.4 is 20.5 Å². The number of nitrogens with one attached hydrogen (secondary N) is 2. The number of aromatic amines is 1. The Morgan fingerprint density at radius 2 is 1.91 bits per heavy atom. The van der Waals surface area contributed by atoms with Crippen LogP contribution in [0.5, 0.6) is 11.5 Å². The number of aromatic nitrogens is 3. The average Bonchev–Trinajstić information content (AvgIpc) is 3.25. The van der Waals surface area contributed by atoms with Gasteiger partial charge in [-0.2, -0.15) is 0 Å². The lowest BCUT2D eigenvalue weighted by molar-refractivity contribution is 0.102. The number of nitrogens with zero attached hydrogens (tertiary/aromatic N) is 2. The molecule has 0 spiro atoms. The fraction of sp³-hybridized carbons (Fsp3) is 0.130. The van der Waals surface area contributed by atoms with Crippen molar-refractivity contribution in [2.75, 3.05) is 11.9 Å². The normalized spacial score (nSPS) is 10.5. The van der Waals surface area contributed by atoms with Gasteiger partial charge in [0.05, 0.1) is 6.61 Å². The first-order valence-electron chi connectivity index (χ1n) is 9.88. The Morgan fingerprint density at radius 3 is 2.66 bits per heavy atom. The number of H-pyrrole nitrogens is 1. The van der Waals surface area contributed by atoms with E-state index >= 15 is 0 Å². The summed E-state index contributed by atoms with van der Waals surface area (Å²) in [6.07, 6.45) is 3.40. The van der Waals surface area contributed by atoms with E-state index in [1.807, 2.05) is 19.1 Å². The van der Waals surface area contributed by atoms with Gasteiger partial charge < -0.3 is 14.8 Å². The van der Waals surface area contributed by atoms with Gasteiger partial charge in [-0.15, -0.1) is 0 Å². The number of benzene rings is 2. The number of hydrogen-bond donors (Lipinski definition) is 2. The third kappa shape index (κ3) is 5.01. The van der Waals surface area contributed by atoms with Crippen molar-refractivity contribution in [2.24, 2.45) is 0 Å². The van der Waals surface area contributed by atoms with Crippen LogP contribution in [0.4, 0.5) is 5.69 Å². The van der Waals surface area contributed by atoms with Crippen molar-refractivity contribution >= 4 is 11.6 Å². The average molecular weight is 432 g/mol. The number of hydrogen-bond acceptors (Lipinski definition) is 7. The summed E-state index contributed by atoms with van der Waals surface area (Å²) in [6, 6.07) is 15.6. The van der Waals surface area contributed by atoms with E-state index in [-0.39, 0.29) is 11.7 Å². The van der Waals surface area contributed by atoms with Crippen LogP contribution in [0.25, 0.3) is 11.4 Å². The summed E-state index contributed by atoms with van der Waals surface area (Å²) >= 11 is 0. The Morgan fingerprint density at radius 1 is 1.06 bits per heavy atom. The molecule has 0 aliphatic heterocycles. The summed E-state index contributed by atoms with van der Waals surface area (Å²) in [5, 5.41) is 6.49. The standard InChI is InChI=1S/C23H20N4O5/c1-2-30-20-13-17(6-7-19(20)31-14-15-8-10-24-11-9-15)22(28)25-18-5-3-4-16(12-18)21-26-23(29)32-27-21/h3-13H,2,14H2,1H3,(H,25,28)(H,26,27,29). The minimum absolute atomic E-state index is 0.278. The van der Waals surface area contributed by atoms with Crippen LogP contribution in [0.15, 0.2) is 76.3 Å². The third-order valence-corrected chi connectivity index (χ3v) is 4.48. The fourth-order valence-corrected chi connectivity index (χ4v) is 2.98. The van der Waals surface area contributed by atoms with Crippen molar-refractivity contribution in [1.29, 1.82) is 0 Å². The van der Waals surface area contributed by atoms with Gasteiger partial charge in [-0.25, -0.2) is 4.79 Å². The van der Waals surface area contributed by atoms with E-state index < -0.39 is 5.76 Å². The molecule has 4 rings (SSSR count). The smallest absolute Gasteiger partial charge is 0.439 e. The maximum absolute atomic E-state index is 12.8. The highest BCUT2D eigenvalue weighted by Crippen LogP contribution is 2.30. The highest BCUT2D eigenvalue weighted by molar-refractivity contribution is 6.04. The number of amides is 1. The van der Waals surface area contributed by atoms with Crippen LogP contribution in [-0.2, 0) is 6.61 Å². The van der Waals surface area contributed by atoms with Crippen molar-refractivity contribution in [3.8, 4) is 22.9 Å². The molecule has 0 fully saturated rings. The van der Waals surface area contributed by atoms with Crippen molar-refractivity contribution in [3.63, 3.8) is 0 Å². The van der Waals surface area contributed by atoms with E-state index in [2.05, 4.69) is 25.0 Å². The summed E-state index contributed by atoms with van der Waals surface area (Å²) < 4.78 is 16.1. The predicted octanol–water partition coefficient (Wildman–Crippen LogP) is 3.65. The molecule has 2 N–H and O–H groups in total. The molecule has 2 aromatic heterocycles. The molecular formula is C23H20N4O5. The molecule has 0 unspecified atom stereocenters. The van der Waals surface area contributed by atoms with Gasteiger partial charge in [0, 0.05) is 29.2 Å². The molecular weight excluding hydrogens is 412 g/mol. The minimum atomic E-state index is -0.649. The number of carbonyl (C=O) groups is 1. The van der Waals surface area contributed by atoms with Gasteiger partial charge in [-0.1, -0.05) is 17.3 Å².